The van der Waals surface area contributed by atoms with Crippen LogP contribution in [0.1, 0.15) is 0 Å². The molecule has 17 heavy (non-hydrogen) atoms. The summed E-state index contributed by atoms with van der Waals surface area (Å²) in [6.07, 6.45) is 6.13. The molecule has 3 heteroatoms. The van der Waals surface area contributed by atoms with E-state index in [1.165, 1.54) is 10.6 Å². The summed E-state index contributed by atoms with van der Waals surface area (Å²) < 4.78 is 0. The van der Waals surface area contributed by atoms with Gasteiger partial charge in [0.05, 0.1) is 23.0 Å². The minimum Gasteiger partial charge on any atom is -0.366 e. The van der Waals surface area contributed by atoms with Crippen molar-refractivity contribution in [2.24, 2.45) is 0 Å². The maximum atomic E-state index is 8.97. The number of likely N-dealkylation sites (N-methyl/N-ethyl adjacent to an activating group) is 1. The summed E-state index contributed by atoms with van der Waals surface area (Å²) in [6, 6.07) is 10.9. The molecule has 2 aliphatic rings. The van der Waals surface area contributed by atoms with Gasteiger partial charge in [-0.2, -0.15) is 5.26 Å². The fourth-order valence-corrected chi connectivity index (χ4v) is 3.66. The van der Waals surface area contributed by atoms with Gasteiger partial charge in [0.2, 0.25) is 0 Å². The van der Waals surface area contributed by atoms with Crippen molar-refractivity contribution in [2.75, 3.05) is 11.9 Å². The molecule has 0 radical (unpaired) electrons. The molecule has 2 nitrogen and oxygen atoms in total. The number of fused-ring (bicyclic) bond motifs is 2. The van der Waals surface area contributed by atoms with Crippen LogP contribution in [-0.2, 0) is 0 Å². The van der Waals surface area contributed by atoms with E-state index in [0.29, 0.717) is 5.25 Å². The predicted molar refractivity (Wildman–Crippen MR) is 71.1 cm³/mol. The zero-order valence-electron chi connectivity index (χ0n) is 9.50. The van der Waals surface area contributed by atoms with Gasteiger partial charge in [0.15, 0.2) is 0 Å². The van der Waals surface area contributed by atoms with Crippen molar-refractivity contribution in [1.82, 2.24) is 0 Å². The number of thioether (sulfide) groups is 1. The highest BCUT2D eigenvalue weighted by Gasteiger charge is 2.31. The molecule has 0 fully saturated rings. The third-order valence-electron chi connectivity index (χ3n) is 3.24. The van der Waals surface area contributed by atoms with Gasteiger partial charge in [0, 0.05) is 17.5 Å². The first-order valence-corrected chi connectivity index (χ1v) is 6.46. The lowest BCUT2D eigenvalue weighted by Gasteiger charge is -2.39. The Balaban J connectivity index is 2.04. The van der Waals surface area contributed by atoms with Crippen LogP contribution in [0.3, 0.4) is 0 Å². The smallest absolute Gasteiger partial charge is 0.0988 e. The second-order valence-corrected chi connectivity index (χ2v) is 5.46. The molecule has 0 N–H and O–H groups in total. The van der Waals surface area contributed by atoms with Gasteiger partial charge >= 0.3 is 0 Å². The van der Waals surface area contributed by atoms with Crippen LogP contribution in [0.5, 0.6) is 0 Å². The van der Waals surface area contributed by atoms with Crippen LogP contribution in [0.15, 0.2) is 53.0 Å². The summed E-state index contributed by atoms with van der Waals surface area (Å²) in [4.78, 5) is 3.58. The predicted octanol–water partition coefficient (Wildman–Crippen LogP) is 2.99. The van der Waals surface area contributed by atoms with Crippen molar-refractivity contribution < 1.29 is 0 Å². The Bertz CT molecular complexity index is 554. The highest BCUT2D eigenvalue weighted by Crippen LogP contribution is 2.43. The number of allylic oxidation sites excluding steroid dienone is 2. The normalized spacial score (nSPS) is 25.6. The molecule has 3 rings (SSSR count). The van der Waals surface area contributed by atoms with E-state index in [-0.39, 0.29) is 6.04 Å². The number of anilines is 1. The zero-order valence-corrected chi connectivity index (χ0v) is 10.3. The Labute approximate surface area is 105 Å². The standard InChI is InChI=1S/C14H12N2S/c1-16-11-4-2-3-5-13(11)17-14-7-6-10(9-15)8-12(14)16/h2-8,12,14H,1H3/t12-,14-/m0/s1. The lowest BCUT2D eigenvalue weighted by molar-refractivity contribution is 0.743. The lowest BCUT2D eigenvalue weighted by Crippen LogP contribution is -2.41. The Morgan fingerprint density at radius 2 is 2.18 bits per heavy atom. The van der Waals surface area contributed by atoms with E-state index in [1.807, 2.05) is 17.8 Å². The number of nitrogens with zero attached hydrogens (tertiary/aromatic N) is 2. The minimum absolute atomic E-state index is 0.287. The van der Waals surface area contributed by atoms with Gasteiger partial charge in [-0.05, 0) is 24.3 Å². The van der Waals surface area contributed by atoms with Gasteiger partial charge in [-0.3, -0.25) is 0 Å². The quantitative estimate of drug-likeness (QED) is 0.697. The van der Waals surface area contributed by atoms with E-state index in [1.54, 1.807) is 0 Å². The minimum atomic E-state index is 0.287. The molecule has 0 unspecified atom stereocenters. The molecule has 0 saturated carbocycles. The molecule has 0 bridgehead atoms. The topological polar surface area (TPSA) is 27.0 Å². The summed E-state index contributed by atoms with van der Waals surface area (Å²) >= 11 is 1.87. The molecule has 1 aliphatic carbocycles. The van der Waals surface area contributed by atoms with Crippen LogP contribution < -0.4 is 4.90 Å². The molecule has 1 aliphatic heterocycles. The summed E-state index contributed by atoms with van der Waals surface area (Å²) in [5.41, 5.74) is 2.01. The van der Waals surface area contributed by atoms with Gasteiger partial charge in [0.1, 0.15) is 0 Å². The van der Waals surface area contributed by atoms with Crippen LogP contribution >= 0.6 is 11.8 Å². The van der Waals surface area contributed by atoms with E-state index in [9.17, 15) is 0 Å². The maximum Gasteiger partial charge on any atom is 0.0988 e. The monoisotopic (exact) mass is 240 g/mol. The van der Waals surface area contributed by atoms with E-state index < -0.39 is 0 Å². The molecular weight excluding hydrogens is 228 g/mol. The van der Waals surface area contributed by atoms with E-state index in [0.717, 1.165) is 5.57 Å². The SMILES string of the molecule is CN1c2ccccc2S[C@H]2C=CC(C#N)=C[C@@H]21. The van der Waals surface area contributed by atoms with Gasteiger partial charge < -0.3 is 4.90 Å². The van der Waals surface area contributed by atoms with E-state index in [4.69, 9.17) is 5.26 Å². The van der Waals surface area contributed by atoms with Crippen LogP contribution in [-0.4, -0.2) is 18.3 Å². The number of nitriles is 1. The number of benzene rings is 1. The summed E-state index contributed by atoms with van der Waals surface area (Å²) in [6.45, 7) is 0. The molecular formula is C14H12N2S. The first-order valence-electron chi connectivity index (χ1n) is 5.58. The Morgan fingerprint density at radius 1 is 1.35 bits per heavy atom. The van der Waals surface area contributed by atoms with Crippen molar-refractivity contribution in [3.05, 3.63) is 48.1 Å². The Morgan fingerprint density at radius 3 is 3.00 bits per heavy atom. The van der Waals surface area contributed by atoms with Gasteiger partial charge in [-0.1, -0.05) is 18.2 Å². The molecule has 0 saturated heterocycles. The average Bonchev–Trinajstić information content (AvgIpc) is 2.39. The first-order chi connectivity index (χ1) is 8.29. The molecule has 0 aromatic heterocycles. The third-order valence-corrected chi connectivity index (χ3v) is 4.54. The Kier molecular flexibility index (Phi) is 2.45. The van der Waals surface area contributed by atoms with Crippen LogP contribution in [0.4, 0.5) is 5.69 Å². The van der Waals surface area contributed by atoms with Crippen molar-refractivity contribution in [1.29, 1.82) is 5.26 Å². The maximum absolute atomic E-state index is 8.97. The van der Waals surface area contributed by atoms with E-state index in [2.05, 4.69) is 54.4 Å². The molecule has 2 atom stereocenters. The van der Waals surface area contributed by atoms with Gasteiger partial charge in [0.25, 0.3) is 0 Å². The van der Waals surface area contributed by atoms with Crippen molar-refractivity contribution >= 4 is 17.4 Å². The van der Waals surface area contributed by atoms with Crippen LogP contribution in [0.25, 0.3) is 0 Å². The Hall–Kier alpha value is -1.66. The van der Waals surface area contributed by atoms with Crippen LogP contribution in [0.2, 0.25) is 0 Å². The van der Waals surface area contributed by atoms with Crippen molar-refractivity contribution in [3.8, 4) is 6.07 Å². The highest BCUT2D eigenvalue weighted by atomic mass is 32.2. The van der Waals surface area contributed by atoms with Crippen molar-refractivity contribution in [3.63, 3.8) is 0 Å². The molecule has 84 valence electrons. The number of hydrogen-bond donors (Lipinski definition) is 0. The fourth-order valence-electron chi connectivity index (χ4n) is 2.32. The second-order valence-electron chi connectivity index (χ2n) is 4.24. The lowest BCUT2D eigenvalue weighted by atomic mass is 10.0. The highest BCUT2D eigenvalue weighted by molar-refractivity contribution is 8.00. The van der Waals surface area contributed by atoms with Crippen molar-refractivity contribution in [2.45, 2.75) is 16.2 Å². The molecule has 0 amide bonds. The molecule has 1 aromatic carbocycles. The molecule has 1 heterocycles. The van der Waals surface area contributed by atoms with Crippen LogP contribution in [0, 0.1) is 11.3 Å². The summed E-state index contributed by atoms with van der Waals surface area (Å²) in [5, 5.41) is 9.38. The molecule has 1 aromatic rings. The third kappa shape index (κ3) is 1.65. The van der Waals surface area contributed by atoms with Gasteiger partial charge in [-0.15, -0.1) is 11.8 Å². The second kappa shape index (κ2) is 3.97. The number of hydrogen-bond acceptors (Lipinski definition) is 3. The first kappa shape index (κ1) is 10.5. The summed E-state index contributed by atoms with van der Waals surface area (Å²) in [7, 11) is 2.10. The van der Waals surface area contributed by atoms with E-state index >= 15 is 0 Å². The number of para-hydroxylation sites is 1. The average molecular weight is 240 g/mol. The zero-order chi connectivity index (χ0) is 11.8. The van der Waals surface area contributed by atoms with Gasteiger partial charge in [-0.25, -0.2) is 0 Å². The summed E-state index contributed by atoms with van der Waals surface area (Å²) in [5.74, 6) is 0. The molecule has 0 spiro atoms. The largest absolute Gasteiger partial charge is 0.366 e. The fraction of sp³-hybridized carbons (Fsp3) is 0.214. The number of rotatable bonds is 0.